The summed E-state index contributed by atoms with van der Waals surface area (Å²) in [5.41, 5.74) is 0.480. The van der Waals surface area contributed by atoms with Crippen LogP contribution in [0.4, 0.5) is 0 Å². The monoisotopic (exact) mass is 375 g/mol. The van der Waals surface area contributed by atoms with Crippen molar-refractivity contribution < 1.29 is 33.3 Å². The second kappa shape index (κ2) is 6.94. The van der Waals surface area contributed by atoms with Gasteiger partial charge in [0.1, 0.15) is 5.60 Å². The molecule has 8 heteroatoms. The van der Waals surface area contributed by atoms with E-state index in [0.717, 1.165) is 0 Å². The quantitative estimate of drug-likeness (QED) is 0.777. The molecule has 0 saturated carbocycles. The number of carbonyl (C=O) groups is 3. The molecule has 8 nitrogen and oxygen atoms in total. The normalized spacial score (nSPS) is 20.5. The van der Waals surface area contributed by atoms with E-state index in [9.17, 15) is 14.4 Å². The smallest absolute Gasteiger partial charge is 0.343 e. The highest BCUT2D eigenvalue weighted by Crippen LogP contribution is 2.46. The van der Waals surface area contributed by atoms with Crippen molar-refractivity contribution in [2.75, 3.05) is 20.8 Å². The first-order valence-electron chi connectivity index (χ1n) is 8.42. The first kappa shape index (κ1) is 18.8. The molecule has 27 heavy (non-hydrogen) atoms. The van der Waals surface area contributed by atoms with Crippen LogP contribution < -0.4 is 14.8 Å². The van der Waals surface area contributed by atoms with Crippen LogP contribution >= 0.6 is 0 Å². The molecule has 1 atom stereocenters. The zero-order valence-electron chi connectivity index (χ0n) is 15.6. The fraction of sp³-hybridized carbons (Fsp3) is 0.421. The van der Waals surface area contributed by atoms with Crippen molar-refractivity contribution in [1.29, 1.82) is 0 Å². The highest BCUT2D eigenvalue weighted by Gasteiger charge is 2.48. The maximum absolute atomic E-state index is 12.5. The van der Waals surface area contributed by atoms with Gasteiger partial charge in [-0.15, -0.1) is 0 Å². The number of ether oxygens (including phenoxy) is 4. The maximum Gasteiger partial charge on any atom is 0.343 e. The SMILES string of the molecule is COC(=O)COc1c(OC)cccc1C1CC(=O)NC2=C1C(=O)OC2(C)C. The van der Waals surface area contributed by atoms with E-state index in [1.54, 1.807) is 32.0 Å². The fourth-order valence-corrected chi connectivity index (χ4v) is 3.35. The summed E-state index contributed by atoms with van der Waals surface area (Å²) in [6.45, 7) is 3.11. The number of cyclic esters (lactones) is 1. The third-order valence-electron chi connectivity index (χ3n) is 4.61. The number of rotatable bonds is 5. The van der Waals surface area contributed by atoms with E-state index in [1.807, 2.05) is 0 Å². The molecule has 1 amide bonds. The summed E-state index contributed by atoms with van der Waals surface area (Å²) in [5.74, 6) is -1.18. The van der Waals surface area contributed by atoms with Gasteiger partial charge in [-0.3, -0.25) is 4.79 Å². The summed E-state index contributed by atoms with van der Waals surface area (Å²) < 4.78 is 21.0. The number of esters is 2. The Balaban J connectivity index is 2.09. The van der Waals surface area contributed by atoms with E-state index < -0.39 is 23.5 Å². The molecule has 1 unspecified atom stereocenters. The van der Waals surface area contributed by atoms with Crippen LogP contribution in [0.25, 0.3) is 0 Å². The molecule has 0 aliphatic carbocycles. The van der Waals surface area contributed by atoms with Crippen LogP contribution in [0, 0.1) is 0 Å². The van der Waals surface area contributed by atoms with Gasteiger partial charge < -0.3 is 24.3 Å². The minimum absolute atomic E-state index is 0.0474. The Morgan fingerprint density at radius 3 is 2.70 bits per heavy atom. The molecule has 0 bridgehead atoms. The number of carbonyl (C=O) groups excluding carboxylic acids is 3. The molecule has 0 fully saturated rings. The molecule has 1 aromatic carbocycles. The molecule has 2 heterocycles. The Hall–Kier alpha value is -3.03. The summed E-state index contributed by atoms with van der Waals surface area (Å²) in [7, 11) is 2.73. The second-order valence-electron chi connectivity index (χ2n) is 6.74. The van der Waals surface area contributed by atoms with Gasteiger partial charge in [0.25, 0.3) is 0 Å². The lowest BCUT2D eigenvalue weighted by atomic mass is 9.82. The second-order valence-corrected chi connectivity index (χ2v) is 6.74. The van der Waals surface area contributed by atoms with E-state index >= 15 is 0 Å². The Labute approximate surface area is 156 Å². The predicted molar refractivity (Wildman–Crippen MR) is 93.2 cm³/mol. The minimum atomic E-state index is -0.924. The lowest BCUT2D eigenvalue weighted by Gasteiger charge is -2.28. The molecule has 144 valence electrons. The summed E-state index contributed by atoms with van der Waals surface area (Å²) in [5, 5.41) is 2.75. The molecule has 2 aliphatic heterocycles. The zero-order valence-corrected chi connectivity index (χ0v) is 15.6. The van der Waals surface area contributed by atoms with E-state index in [2.05, 4.69) is 10.1 Å². The van der Waals surface area contributed by atoms with Gasteiger partial charge >= 0.3 is 11.9 Å². The number of methoxy groups -OCH3 is 2. The van der Waals surface area contributed by atoms with Crippen molar-refractivity contribution in [2.45, 2.75) is 31.8 Å². The van der Waals surface area contributed by atoms with Crippen LogP contribution in [0.1, 0.15) is 31.7 Å². The number of para-hydroxylation sites is 1. The van der Waals surface area contributed by atoms with Crippen molar-refractivity contribution in [3.05, 3.63) is 35.0 Å². The lowest BCUT2D eigenvalue weighted by Crippen LogP contribution is -2.38. The van der Waals surface area contributed by atoms with Crippen LogP contribution in [-0.2, 0) is 23.9 Å². The predicted octanol–water partition coefficient (Wildman–Crippen LogP) is 1.44. The summed E-state index contributed by atoms with van der Waals surface area (Å²) in [6.07, 6.45) is 0.0474. The maximum atomic E-state index is 12.5. The molecular weight excluding hydrogens is 354 g/mol. The largest absolute Gasteiger partial charge is 0.493 e. The number of amides is 1. The molecule has 1 N–H and O–H groups in total. The standard InChI is InChI=1S/C19H21NO7/c1-19(2)17-15(18(23)27-19)11(8-13(21)20-17)10-6-5-7-12(24-3)16(10)26-9-14(22)25-4/h5-7,11H,8-9H2,1-4H3,(H,20,21). The first-order valence-corrected chi connectivity index (χ1v) is 8.42. The Kier molecular flexibility index (Phi) is 4.82. The number of benzene rings is 1. The minimum Gasteiger partial charge on any atom is -0.493 e. The van der Waals surface area contributed by atoms with Gasteiger partial charge in [0.2, 0.25) is 5.91 Å². The molecule has 0 saturated heterocycles. The molecule has 3 rings (SSSR count). The molecule has 0 aromatic heterocycles. The first-order chi connectivity index (χ1) is 12.8. The highest BCUT2D eigenvalue weighted by atomic mass is 16.6. The average Bonchev–Trinajstić information content (AvgIpc) is 2.87. The van der Waals surface area contributed by atoms with Gasteiger partial charge in [-0.2, -0.15) is 0 Å². The van der Waals surface area contributed by atoms with Gasteiger partial charge in [0.15, 0.2) is 18.1 Å². The van der Waals surface area contributed by atoms with E-state index in [0.29, 0.717) is 22.6 Å². The van der Waals surface area contributed by atoms with Crippen molar-refractivity contribution in [3.8, 4) is 11.5 Å². The van der Waals surface area contributed by atoms with Crippen molar-refractivity contribution in [2.24, 2.45) is 0 Å². The van der Waals surface area contributed by atoms with Gasteiger partial charge in [-0.05, 0) is 19.9 Å². The molecule has 1 aromatic rings. The fourth-order valence-electron chi connectivity index (χ4n) is 3.35. The van der Waals surface area contributed by atoms with Crippen LogP contribution in [0.3, 0.4) is 0 Å². The van der Waals surface area contributed by atoms with E-state index in [4.69, 9.17) is 14.2 Å². The Bertz CT molecular complexity index is 840. The topological polar surface area (TPSA) is 100 Å². The highest BCUT2D eigenvalue weighted by molar-refractivity contribution is 5.99. The third-order valence-corrected chi connectivity index (χ3v) is 4.61. The lowest BCUT2D eigenvalue weighted by molar-refractivity contribution is -0.145. The summed E-state index contributed by atoms with van der Waals surface area (Å²) >= 11 is 0. The Morgan fingerprint density at radius 2 is 2.04 bits per heavy atom. The van der Waals surface area contributed by atoms with E-state index in [-0.39, 0.29) is 24.7 Å². The van der Waals surface area contributed by atoms with Gasteiger partial charge in [0.05, 0.1) is 25.5 Å². The summed E-state index contributed by atoms with van der Waals surface area (Å²) in [4.78, 5) is 36.3. The van der Waals surface area contributed by atoms with Crippen LogP contribution in [0.15, 0.2) is 29.5 Å². The van der Waals surface area contributed by atoms with Crippen molar-refractivity contribution >= 4 is 17.8 Å². The van der Waals surface area contributed by atoms with Gasteiger partial charge in [-0.25, -0.2) is 9.59 Å². The molecular formula is C19H21NO7. The average molecular weight is 375 g/mol. The van der Waals surface area contributed by atoms with Gasteiger partial charge in [-0.1, -0.05) is 12.1 Å². The number of nitrogens with one attached hydrogen (secondary N) is 1. The summed E-state index contributed by atoms with van der Waals surface area (Å²) in [6, 6.07) is 5.14. The molecule has 2 aliphatic rings. The van der Waals surface area contributed by atoms with Crippen molar-refractivity contribution in [3.63, 3.8) is 0 Å². The van der Waals surface area contributed by atoms with Gasteiger partial charge in [0, 0.05) is 17.9 Å². The van der Waals surface area contributed by atoms with Crippen molar-refractivity contribution in [1.82, 2.24) is 5.32 Å². The third kappa shape index (κ3) is 3.34. The zero-order chi connectivity index (χ0) is 19.8. The number of hydrogen-bond acceptors (Lipinski definition) is 7. The molecule has 0 spiro atoms. The van der Waals surface area contributed by atoms with Crippen LogP contribution in [0.2, 0.25) is 0 Å². The number of hydrogen-bond donors (Lipinski definition) is 1. The molecule has 0 radical (unpaired) electrons. The van der Waals surface area contributed by atoms with E-state index in [1.165, 1.54) is 14.2 Å². The van der Waals surface area contributed by atoms with Crippen LogP contribution in [-0.4, -0.2) is 44.3 Å². The Morgan fingerprint density at radius 1 is 1.30 bits per heavy atom. The van der Waals surface area contributed by atoms with Crippen LogP contribution in [0.5, 0.6) is 11.5 Å².